The second kappa shape index (κ2) is 21.6. The molecule has 0 bridgehead atoms. The van der Waals surface area contributed by atoms with E-state index in [1.165, 1.54) is 11.1 Å². The molecule has 0 saturated carbocycles. The Kier molecular flexibility index (Phi) is 16.3. The molecule has 7 rings (SSSR count). The molecule has 0 fully saturated rings. The lowest BCUT2D eigenvalue weighted by molar-refractivity contribution is 0.0975. The summed E-state index contributed by atoms with van der Waals surface area (Å²) in [6.45, 7) is 24.9. The molecular formula is C55H62O8P2. The van der Waals surface area contributed by atoms with Crippen molar-refractivity contribution in [1.82, 2.24) is 0 Å². The summed E-state index contributed by atoms with van der Waals surface area (Å²) in [6.07, 6.45) is 10.0. The molecule has 0 aromatic heterocycles. The van der Waals surface area contributed by atoms with Crippen LogP contribution in [-0.2, 0) is 0 Å². The van der Waals surface area contributed by atoms with Crippen LogP contribution >= 0.6 is 17.2 Å². The molecule has 10 heteroatoms. The third kappa shape index (κ3) is 12.0. The van der Waals surface area contributed by atoms with Gasteiger partial charge in [-0.15, -0.1) is 0 Å². The van der Waals surface area contributed by atoms with Crippen LogP contribution in [0, 0.1) is 26.7 Å². The van der Waals surface area contributed by atoms with Crippen LogP contribution in [0.4, 0.5) is 0 Å². The van der Waals surface area contributed by atoms with E-state index in [1.807, 2.05) is 89.2 Å². The molecule has 1 atom stereocenters. The van der Waals surface area contributed by atoms with Crippen molar-refractivity contribution >= 4 is 28.8 Å². The molecule has 0 saturated heterocycles. The van der Waals surface area contributed by atoms with Crippen LogP contribution in [0.3, 0.4) is 0 Å². The van der Waals surface area contributed by atoms with Crippen LogP contribution in [0.25, 0.3) is 0 Å². The Hall–Kier alpha value is -5.52. The number of fused-ring (bicyclic) bond motifs is 2. The summed E-state index contributed by atoms with van der Waals surface area (Å²) in [5, 5.41) is 0. The highest BCUT2D eigenvalue weighted by Gasteiger charge is 2.37. The zero-order valence-corrected chi connectivity index (χ0v) is 41.5. The molecule has 8 nitrogen and oxygen atoms in total. The van der Waals surface area contributed by atoms with E-state index in [0.717, 1.165) is 39.8 Å². The lowest BCUT2D eigenvalue weighted by Gasteiger charge is -2.25. The minimum Gasteiger partial charge on any atom is -0.418 e. The summed E-state index contributed by atoms with van der Waals surface area (Å²) in [7, 11) is -4.76. The monoisotopic (exact) mass is 912 g/mol. The Bertz CT molecular complexity index is 2580. The fourth-order valence-corrected chi connectivity index (χ4v) is 9.28. The summed E-state index contributed by atoms with van der Waals surface area (Å²) < 4.78 is 31.7. The van der Waals surface area contributed by atoms with E-state index in [-0.39, 0.29) is 57.3 Å². The summed E-state index contributed by atoms with van der Waals surface area (Å²) in [5.74, 6) is 2.03. The average Bonchev–Trinajstić information content (AvgIpc) is 3.47. The van der Waals surface area contributed by atoms with E-state index < -0.39 is 23.0 Å². The topological polar surface area (TPSA) is 101 Å². The van der Waals surface area contributed by atoms with Crippen molar-refractivity contribution in [2.75, 3.05) is 0 Å². The van der Waals surface area contributed by atoms with Crippen LogP contribution in [0.1, 0.15) is 152 Å². The van der Waals surface area contributed by atoms with Crippen molar-refractivity contribution < 1.29 is 37.1 Å². The van der Waals surface area contributed by atoms with Crippen molar-refractivity contribution in [3.8, 4) is 28.7 Å². The van der Waals surface area contributed by atoms with Gasteiger partial charge in [-0.2, -0.15) is 0 Å². The molecule has 340 valence electrons. The van der Waals surface area contributed by atoms with Crippen LogP contribution in [-0.4, -0.2) is 16.5 Å². The Morgan fingerprint density at radius 1 is 0.492 bits per heavy atom. The van der Waals surface area contributed by atoms with Gasteiger partial charge in [-0.1, -0.05) is 146 Å². The van der Waals surface area contributed by atoms with Crippen molar-refractivity contribution in [1.29, 1.82) is 0 Å². The van der Waals surface area contributed by atoms with E-state index in [4.69, 9.17) is 22.6 Å². The second-order valence-electron chi connectivity index (χ2n) is 18.0. The normalized spacial score (nSPS) is 13.8. The minimum absolute atomic E-state index is 0.0113. The summed E-state index contributed by atoms with van der Waals surface area (Å²) in [4.78, 5) is 39.7. The number of hydrogen-bond donors (Lipinski definition) is 1. The predicted octanol–water partition coefficient (Wildman–Crippen LogP) is 15.7. The molecule has 2 aliphatic carbocycles. The van der Waals surface area contributed by atoms with Gasteiger partial charge in [0.1, 0.15) is 28.7 Å². The van der Waals surface area contributed by atoms with E-state index >= 15 is 0 Å². The number of carbonyl (C=O) groups is 2. The van der Waals surface area contributed by atoms with E-state index in [9.17, 15) is 14.5 Å². The minimum atomic E-state index is -2.54. The quantitative estimate of drug-likeness (QED) is 0.108. The first-order chi connectivity index (χ1) is 30.9. The second-order valence-corrected chi connectivity index (χ2v) is 19.8. The Balaban J connectivity index is 0.000000557. The number of hydrogen-bond acceptors (Lipinski definition) is 8. The molecule has 1 N–H and O–H groups in total. The summed E-state index contributed by atoms with van der Waals surface area (Å²) >= 11 is 0. The maximum absolute atomic E-state index is 14.6. The van der Waals surface area contributed by atoms with Crippen LogP contribution in [0.15, 0.2) is 126 Å². The number of carbonyl (C=O) groups excluding carboxylic acids is 2. The molecule has 0 spiro atoms. The number of aryl methyl sites for hydroxylation is 3. The van der Waals surface area contributed by atoms with Crippen molar-refractivity contribution in [3.05, 3.63) is 182 Å². The Morgan fingerprint density at radius 2 is 0.908 bits per heavy atom. The molecule has 0 heterocycles. The standard InChI is InChI=1S/C44H46O8P2.C11H16/c1-25(2)31-19-16-28(7)22-38(31)49-53(47)48-36-14-10-12-34-41(36)44(46)42-35(43(34)45)13-11-15-37(42)50-54(51-39-23-29(8)17-20-32(39)26(3)4)52-40-24-30(9)18-21-33(40)27(5)6;1-9(2)11-6-4-5-10(3)7-8-11/h10-27,47H,1-9H3;4,6-9H,5H2,1-3H3. The first-order valence-corrected chi connectivity index (χ1v) is 24.5. The molecule has 0 amide bonds. The molecule has 0 aliphatic heterocycles. The van der Waals surface area contributed by atoms with Gasteiger partial charge >= 0.3 is 17.2 Å². The predicted molar refractivity (Wildman–Crippen MR) is 265 cm³/mol. The fraction of sp³-hybridized carbons (Fsp3) is 0.309. The molecule has 2 aliphatic rings. The van der Waals surface area contributed by atoms with Crippen LogP contribution in [0.2, 0.25) is 0 Å². The highest BCUT2D eigenvalue weighted by atomic mass is 31.2. The molecular weight excluding hydrogens is 851 g/mol. The van der Waals surface area contributed by atoms with E-state index in [0.29, 0.717) is 23.2 Å². The SMILES string of the molecule is CC1=CC=C(C(C)C)C=CC1.Cc1ccc(C(C)C)c(OP(O)Oc2cccc3c2C(=O)c2c(OP(Oc4cc(C)ccc4C(C)C)Oc4cc(C)ccc4C(C)C)cccc2C3=O)c1. The van der Waals surface area contributed by atoms with Gasteiger partial charge in [-0.25, -0.2) is 0 Å². The third-order valence-electron chi connectivity index (χ3n) is 11.2. The zero-order valence-electron chi connectivity index (χ0n) is 39.7. The van der Waals surface area contributed by atoms with Gasteiger partial charge in [-0.3, -0.25) is 9.59 Å². The maximum atomic E-state index is 14.6. The zero-order chi connectivity index (χ0) is 47.1. The van der Waals surface area contributed by atoms with E-state index in [1.54, 1.807) is 36.4 Å². The summed E-state index contributed by atoms with van der Waals surface area (Å²) in [6, 6.07) is 27.4. The average molecular weight is 913 g/mol. The molecule has 1 unspecified atom stereocenters. The van der Waals surface area contributed by atoms with Gasteiger partial charge in [0.05, 0.1) is 11.1 Å². The number of allylic oxidation sites excluding steroid dienone is 6. The van der Waals surface area contributed by atoms with Gasteiger partial charge in [0.2, 0.25) is 5.78 Å². The highest BCUT2D eigenvalue weighted by molar-refractivity contribution is 7.43. The van der Waals surface area contributed by atoms with Gasteiger partial charge in [0.15, 0.2) is 5.78 Å². The van der Waals surface area contributed by atoms with Gasteiger partial charge in [0.25, 0.3) is 0 Å². The van der Waals surface area contributed by atoms with E-state index in [2.05, 4.69) is 72.8 Å². The maximum Gasteiger partial charge on any atom is 0.530 e. The largest absolute Gasteiger partial charge is 0.530 e. The Morgan fingerprint density at radius 3 is 1.35 bits per heavy atom. The smallest absolute Gasteiger partial charge is 0.418 e. The molecule has 65 heavy (non-hydrogen) atoms. The lowest BCUT2D eigenvalue weighted by atomic mass is 9.83. The first-order valence-electron chi connectivity index (χ1n) is 22.3. The first kappa shape index (κ1) is 48.9. The molecule has 5 aromatic carbocycles. The summed E-state index contributed by atoms with van der Waals surface area (Å²) in [5.41, 5.74) is 9.08. The van der Waals surface area contributed by atoms with Crippen molar-refractivity contribution in [2.24, 2.45) is 5.92 Å². The molecule has 5 aromatic rings. The fourth-order valence-electron chi connectivity index (χ4n) is 7.54. The van der Waals surface area contributed by atoms with Crippen LogP contribution in [0.5, 0.6) is 28.7 Å². The van der Waals surface area contributed by atoms with Crippen LogP contribution < -0.4 is 22.6 Å². The lowest BCUT2D eigenvalue weighted by Crippen LogP contribution is -2.22. The van der Waals surface area contributed by atoms with Crippen molar-refractivity contribution in [2.45, 2.75) is 107 Å². The van der Waals surface area contributed by atoms with Crippen molar-refractivity contribution in [3.63, 3.8) is 0 Å². The third-order valence-corrected chi connectivity index (χ3v) is 13.0. The molecule has 0 radical (unpaired) electrons. The van der Waals surface area contributed by atoms with Gasteiger partial charge in [0, 0.05) is 11.1 Å². The number of ketones is 2. The van der Waals surface area contributed by atoms with Gasteiger partial charge < -0.3 is 27.5 Å². The highest BCUT2D eigenvalue weighted by Crippen LogP contribution is 2.49. The Labute approximate surface area is 388 Å². The number of rotatable bonds is 14. The number of benzene rings is 5. The van der Waals surface area contributed by atoms with Gasteiger partial charge in [-0.05, 0) is 127 Å².